The lowest BCUT2D eigenvalue weighted by Crippen LogP contribution is -2.48. The first-order valence-corrected chi connectivity index (χ1v) is 41.7. The summed E-state index contributed by atoms with van der Waals surface area (Å²) in [5.41, 5.74) is 11.1. The largest absolute Gasteiger partial charge is 0.461 e. The maximum Gasteiger partial charge on any atom is 0.312 e. The molecule has 1 aliphatic carbocycles. The van der Waals surface area contributed by atoms with E-state index in [2.05, 4.69) is 54.1 Å². The molecule has 1 aromatic heterocycles. The molecule has 4 aromatic rings. The van der Waals surface area contributed by atoms with Crippen LogP contribution in [0.4, 0.5) is 16.2 Å². The van der Waals surface area contributed by atoms with Gasteiger partial charge in [-0.2, -0.15) is 8.42 Å². The van der Waals surface area contributed by atoms with Crippen molar-refractivity contribution in [2.24, 2.45) is 29.4 Å². The number of carbonyl (C=O) groups excluding carboxylic acids is 11. The summed E-state index contributed by atoms with van der Waals surface area (Å²) >= 11 is 0. The van der Waals surface area contributed by atoms with E-state index >= 15 is 0 Å². The van der Waals surface area contributed by atoms with E-state index in [0.717, 1.165) is 47.3 Å². The smallest absolute Gasteiger partial charge is 0.312 e. The second-order valence-corrected chi connectivity index (χ2v) is 30.8. The molecular formula is C82H118N12O20S. The SMILES string of the molecule is CCCNC(=O)CN(CCn1nnc2c1CCCCCC2OCC(=O)NCCCC[C@@H](CC(=O)CCOCCOCCOCCOCCCC(=O)CCC(=O)N1Cc2ccccc2C#Cc2ccccc21)C(=O)N[C@H](C(=O)C[C@@H](CCCNC(N)=O)C(=O)Nc1ccc(COC(=O)C(C)C)cc1)C(C)C)CC(=O)NCCS(=O)(=O)O. The number of anilines is 2. The molecule has 2 aliphatic rings. The number of aromatic nitrogens is 3. The lowest BCUT2D eigenvalue weighted by Gasteiger charge is -2.26. The number of benzene rings is 3. The van der Waals surface area contributed by atoms with Crippen molar-refractivity contribution in [3.8, 4) is 11.8 Å². The van der Waals surface area contributed by atoms with Crippen LogP contribution >= 0.6 is 0 Å². The molecule has 115 heavy (non-hydrogen) atoms. The number of esters is 1. The van der Waals surface area contributed by atoms with Crippen molar-refractivity contribution in [3.63, 3.8) is 0 Å². The van der Waals surface area contributed by atoms with Crippen LogP contribution < -0.4 is 42.5 Å². The molecule has 2 heterocycles. The number of nitrogens with two attached hydrogens (primary N) is 1. The number of carbonyl (C=O) groups is 11. The fourth-order valence-electron chi connectivity index (χ4n) is 12.8. The van der Waals surface area contributed by atoms with Gasteiger partial charge in [-0.05, 0) is 105 Å². The summed E-state index contributed by atoms with van der Waals surface area (Å²) < 4.78 is 67.6. The maximum absolute atomic E-state index is 14.5. The Balaban J connectivity index is 0.964. The van der Waals surface area contributed by atoms with Crippen molar-refractivity contribution in [2.75, 3.05) is 121 Å². The second-order valence-electron chi connectivity index (χ2n) is 29.3. The number of nitrogens with zero attached hydrogens (tertiary/aromatic N) is 5. The van der Waals surface area contributed by atoms with Crippen molar-refractivity contribution < 1.29 is 94.1 Å². The van der Waals surface area contributed by atoms with Crippen LogP contribution in [0.2, 0.25) is 0 Å². The molecule has 632 valence electrons. The zero-order valence-electron chi connectivity index (χ0n) is 67.2. The van der Waals surface area contributed by atoms with E-state index in [0.29, 0.717) is 94.8 Å². The van der Waals surface area contributed by atoms with Gasteiger partial charge < -0.3 is 71.0 Å². The number of Topliss-reactive ketones (excluding diaryl/α,β-unsaturated/α-hetero) is 3. The Hall–Kier alpha value is -9.40. The zero-order chi connectivity index (χ0) is 83.3. The molecule has 0 saturated carbocycles. The molecule has 9 N–H and O–H groups in total. The number of ketones is 3. The van der Waals surface area contributed by atoms with Gasteiger partial charge in [0.1, 0.15) is 36.6 Å². The Morgan fingerprint density at radius 2 is 1.29 bits per heavy atom. The maximum atomic E-state index is 14.5. The van der Waals surface area contributed by atoms with Gasteiger partial charge in [0.05, 0.1) is 102 Å². The molecule has 33 heteroatoms. The Bertz CT molecular complexity index is 3980. The normalized spacial score (nSPS) is 14.0. The van der Waals surface area contributed by atoms with E-state index in [9.17, 15) is 61.2 Å². The van der Waals surface area contributed by atoms with E-state index in [-0.39, 0.29) is 179 Å². The lowest BCUT2D eigenvalue weighted by atomic mass is 9.88. The molecule has 1 aliphatic heterocycles. The predicted molar refractivity (Wildman–Crippen MR) is 428 cm³/mol. The highest BCUT2D eigenvalue weighted by Gasteiger charge is 2.33. The molecule has 0 bridgehead atoms. The van der Waals surface area contributed by atoms with E-state index in [1.54, 1.807) is 66.4 Å². The summed E-state index contributed by atoms with van der Waals surface area (Å²) in [5, 5.41) is 25.3. The van der Waals surface area contributed by atoms with Gasteiger partial charge in [0, 0.05) is 107 Å². The molecule has 0 fully saturated rings. The van der Waals surface area contributed by atoms with Gasteiger partial charge in [-0.15, -0.1) is 5.10 Å². The zero-order valence-corrected chi connectivity index (χ0v) is 68.0. The van der Waals surface area contributed by atoms with Crippen LogP contribution in [-0.4, -0.2) is 215 Å². The first-order chi connectivity index (χ1) is 55.3. The molecular weight excluding hydrogens is 1510 g/mol. The minimum Gasteiger partial charge on any atom is -0.461 e. The topological polar surface area (TPSA) is 433 Å². The summed E-state index contributed by atoms with van der Waals surface area (Å²) in [6.45, 7) is 11.4. The van der Waals surface area contributed by atoms with E-state index in [1.165, 1.54) is 0 Å². The van der Waals surface area contributed by atoms with E-state index < -0.39 is 81.2 Å². The van der Waals surface area contributed by atoms with Crippen LogP contribution in [0.25, 0.3) is 0 Å². The summed E-state index contributed by atoms with van der Waals surface area (Å²) in [5.74, 6) is -0.331. The van der Waals surface area contributed by atoms with Crippen molar-refractivity contribution in [2.45, 2.75) is 182 Å². The summed E-state index contributed by atoms with van der Waals surface area (Å²) in [4.78, 5) is 149. The number of para-hydroxylation sites is 1. The number of amides is 8. The minimum absolute atomic E-state index is 0.0212. The summed E-state index contributed by atoms with van der Waals surface area (Å²) in [7, 11) is -4.31. The van der Waals surface area contributed by atoms with Gasteiger partial charge in [-0.3, -0.25) is 57.4 Å². The monoisotopic (exact) mass is 1620 g/mol. The second kappa shape index (κ2) is 52.2. The lowest BCUT2D eigenvalue weighted by molar-refractivity contribution is -0.148. The van der Waals surface area contributed by atoms with Crippen molar-refractivity contribution in [1.82, 2.24) is 46.5 Å². The molecule has 4 atom stereocenters. The highest BCUT2D eigenvalue weighted by Crippen LogP contribution is 2.31. The summed E-state index contributed by atoms with van der Waals surface area (Å²) in [6.07, 6.45) is 5.73. The molecule has 1 unspecified atom stereocenters. The average Bonchev–Trinajstić information content (AvgIpc) is 1.80. The van der Waals surface area contributed by atoms with Gasteiger partial charge in [0.25, 0.3) is 10.1 Å². The van der Waals surface area contributed by atoms with Crippen LogP contribution in [0, 0.1) is 35.5 Å². The molecule has 6 rings (SSSR count). The van der Waals surface area contributed by atoms with Gasteiger partial charge >= 0.3 is 12.0 Å². The van der Waals surface area contributed by atoms with Gasteiger partial charge in [0.15, 0.2) is 5.78 Å². The third-order valence-corrected chi connectivity index (χ3v) is 19.9. The highest BCUT2D eigenvalue weighted by atomic mass is 32.2. The number of rotatable bonds is 56. The number of hydrogen-bond acceptors (Lipinski definition) is 22. The first kappa shape index (κ1) is 94.5. The van der Waals surface area contributed by atoms with Gasteiger partial charge in [-0.1, -0.05) is 113 Å². The van der Waals surface area contributed by atoms with Crippen molar-refractivity contribution >= 4 is 86.3 Å². The van der Waals surface area contributed by atoms with Crippen molar-refractivity contribution in [1.29, 1.82) is 0 Å². The fraction of sp³-hybridized carbons (Fsp3) is 0.598. The minimum atomic E-state index is -4.31. The Kier molecular flexibility index (Phi) is 42.9. The fourth-order valence-corrected chi connectivity index (χ4v) is 13.1. The number of urea groups is 1. The predicted octanol–water partition coefficient (Wildman–Crippen LogP) is 6.18. The Morgan fingerprint density at radius 3 is 1.97 bits per heavy atom. The van der Waals surface area contributed by atoms with E-state index in [4.69, 9.17) is 38.7 Å². The number of hydrogen-bond donors (Lipinski definition) is 8. The molecule has 8 amide bonds. The number of ether oxygens (including phenoxy) is 6. The average molecular weight is 1620 g/mol. The van der Waals surface area contributed by atoms with E-state index in [1.807, 2.05) is 55.5 Å². The summed E-state index contributed by atoms with van der Waals surface area (Å²) in [6, 6.07) is 20.1. The number of primary amides is 1. The van der Waals surface area contributed by atoms with Crippen LogP contribution in [0.5, 0.6) is 0 Å². The standard InChI is InChI=1S/C82H118N12O20S/c1-6-36-84-73(98)54-92(55-74(99)86-39-50-115(106,107)108)40-41-94-70-25-8-7-9-26-72(78(70)90-91-94)113-57-75(100)85-37-15-14-20-63(80(103)89-77(58(2)3)71(97)52-64(22-16-38-87-82(83)105)79(102)88-66-31-27-60(28-32-66)56-114-81(104)59(4)5)51-68(96)35-43-110-45-47-112-49-48-111-46-44-109-42-17-23-67(95)33-34-76(101)93-53-65-21-11-10-18-61(65)29-30-62-19-12-13-24-69(62)93/h10-13,18-19,21,24,27-28,31-32,58-59,63-64,72,77H,6-9,14-17,20,22-23,25-26,33-57H2,1-5H3,(H,84,98)(H,85,100)(H,86,99)(H,88,102)(H,89,103)(H3,83,87,105)(H,106,107,108)/t63-,64+,72?,77-/m0/s1. The van der Waals surface area contributed by atoms with Crippen LogP contribution in [0.3, 0.4) is 0 Å². The number of fused-ring (bicyclic) bond motifs is 3. The highest BCUT2D eigenvalue weighted by molar-refractivity contribution is 7.85. The number of unbranched alkanes of at least 4 members (excludes halogenated alkanes) is 1. The quantitative estimate of drug-likeness (QED) is 0.0106. The van der Waals surface area contributed by atoms with Gasteiger partial charge in [-0.25, -0.2) is 9.48 Å². The molecule has 0 spiro atoms. The first-order valence-electron chi connectivity index (χ1n) is 40.0. The Labute approximate surface area is 674 Å². The van der Waals surface area contributed by atoms with Crippen molar-refractivity contribution in [3.05, 3.63) is 106 Å². The third-order valence-electron chi connectivity index (χ3n) is 19.1. The molecule has 3 aromatic carbocycles. The van der Waals surface area contributed by atoms with Gasteiger partial charge in [0.2, 0.25) is 35.4 Å². The Morgan fingerprint density at radius 1 is 0.652 bits per heavy atom. The van der Waals surface area contributed by atoms with Crippen LogP contribution in [0.15, 0.2) is 72.8 Å². The molecule has 32 nitrogen and oxygen atoms in total. The van der Waals surface area contributed by atoms with Crippen LogP contribution in [-0.2, 0) is 113 Å². The molecule has 0 saturated heterocycles. The number of nitrogens with one attached hydrogen (secondary N) is 6. The third kappa shape index (κ3) is 37.0. The molecule has 0 radical (unpaired) electrons. The van der Waals surface area contributed by atoms with Crippen LogP contribution in [0.1, 0.15) is 184 Å².